The molecule has 5 nitrogen and oxygen atoms in total. The van der Waals surface area contributed by atoms with Gasteiger partial charge in [0, 0.05) is 16.7 Å². The van der Waals surface area contributed by atoms with Crippen molar-refractivity contribution < 1.29 is 13.2 Å². The van der Waals surface area contributed by atoms with Crippen molar-refractivity contribution in [2.75, 3.05) is 0 Å². The van der Waals surface area contributed by atoms with Gasteiger partial charge in [-0.15, -0.1) is 4.40 Å². The summed E-state index contributed by atoms with van der Waals surface area (Å²) in [7, 11) is -4.06. The number of nitrogens with zero attached hydrogens (tertiary/aromatic N) is 2. The summed E-state index contributed by atoms with van der Waals surface area (Å²) in [6, 6.07) is 15.1. The van der Waals surface area contributed by atoms with Crippen LogP contribution < -0.4 is 0 Å². The standard InChI is InChI=1S/C24H22Cl2N2O3S/c1-14(2)19-21(26)23(29)16(4)20(25)22(19)27-24(17-8-6-5-7-9-17)28-32(30,31)18-12-10-15(3)11-13-18/h5-14H,1-4H3. The summed E-state index contributed by atoms with van der Waals surface area (Å²) in [5.74, 6) is -0.605. The molecule has 2 aromatic carbocycles. The number of carbonyl (C=O) groups excluding carboxylic acids is 1. The molecule has 0 unspecified atom stereocenters. The van der Waals surface area contributed by atoms with Gasteiger partial charge in [0.25, 0.3) is 10.0 Å². The van der Waals surface area contributed by atoms with E-state index in [1.807, 2.05) is 20.8 Å². The van der Waals surface area contributed by atoms with E-state index in [0.29, 0.717) is 11.1 Å². The third-order valence-electron chi connectivity index (χ3n) is 4.92. The lowest BCUT2D eigenvalue weighted by molar-refractivity contribution is -0.111. The van der Waals surface area contributed by atoms with Gasteiger partial charge in [-0.1, -0.05) is 85.1 Å². The van der Waals surface area contributed by atoms with Crippen LogP contribution in [-0.4, -0.2) is 25.7 Å². The molecular formula is C24H22Cl2N2O3S. The molecule has 0 radical (unpaired) electrons. The van der Waals surface area contributed by atoms with Crippen LogP contribution in [0.5, 0.6) is 0 Å². The fourth-order valence-electron chi connectivity index (χ4n) is 3.13. The Morgan fingerprint density at radius 2 is 1.50 bits per heavy atom. The Hall–Kier alpha value is -2.54. The van der Waals surface area contributed by atoms with Gasteiger partial charge in [0.15, 0.2) is 5.84 Å². The van der Waals surface area contributed by atoms with Gasteiger partial charge in [0.2, 0.25) is 5.78 Å². The van der Waals surface area contributed by atoms with Gasteiger partial charge in [-0.05, 0) is 31.9 Å². The molecule has 8 heteroatoms. The Labute approximate surface area is 198 Å². The predicted octanol–water partition coefficient (Wildman–Crippen LogP) is 5.82. The smallest absolute Gasteiger partial charge is 0.284 e. The number of sulfonamides is 1. The number of benzene rings is 2. The predicted molar refractivity (Wildman–Crippen MR) is 130 cm³/mol. The first-order valence-electron chi connectivity index (χ1n) is 9.90. The van der Waals surface area contributed by atoms with E-state index < -0.39 is 10.0 Å². The van der Waals surface area contributed by atoms with E-state index in [-0.39, 0.29) is 43.8 Å². The fraction of sp³-hybridized carbons (Fsp3) is 0.208. The highest BCUT2D eigenvalue weighted by molar-refractivity contribution is 7.90. The number of amidine groups is 1. The van der Waals surface area contributed by atoms with E-state index in [0.717, 1.165) is 5.56 Å². The van der Waals surface area contributed by atoms with Crippen LogP contribution in [0.1, 0.15) is 31.9 Å². The average Bonchev–Trinajstić information content (AvgIpc) is 2.76. The maximum Gasteiger partial charge on any atom is 0.284 e. The van der Waals surface area contributed by atoms with Crippen molar-refractivity contribution >= 4 is 50.6 Å². The minimum Gasteiger partial charge on any atom is -0.288 e. The lowest BCUT2D eigenvalue weighted by Crippen LogP contribution is -2.23. The molecule has 2 aromatic rings. The van der Waals surface area contributed by atoms with Crippen LogP contribution in [0.2, 0.25) is 0 Å². The summed E-state index contributed by atoms with van der Waals surface area (Å²) in [6.45, 7) is 7.13. The Kier molecular flexibility index (Phi) is 7.18. The van der Waals surface area contributed by atoms with E-state index >= 15 is 0 Å². The molecule has 0 bridgehead atoms. The summed E-state index contributed by atoms with van der Waals surface area (Å²) in [5.41, 5.74) is 2.34. The van der Waals surface area contributed by atoms with E-state index in [1.54, 1.807) is 49.4 Å². The Morgan fingerprint density at radius 1 is 0.906 bits per heavy atom. The van der Waals surface area contributed by atoms with E-state index in [2.05, 4.69) is 9.39 Å². The number of allylic oxidation sites excluding steroid dienone is 4. The maximum atomic E-state index is 13.1. The summed E-state index contributed by atoms with van der Waals surface area (Å²) < 4.78 is 30.1. The normalized spacial score (nSPS) is 17.0. The fourth-order valence-corrected chi connectivity index (χ4v) is 4.77. The van der Waals surface area contributed by atoms with E-state index in [9.17, 15) is 13.2 Å². The van der Waals surface area contributed by atoms with E-state index in [4.69, 9.17) is 23.2 Å². The zero-order chi connectivity index (χ0) is 23.6. The zero-order valence-electron chi connectivity index (χ0n) is 18.1. The van der Waals surface area contributed by atoms with Crippen molar-refractivity contribution in [1.82, 2.24) is 0 Å². The van der Waals surface area contributed by atoms with Gasteiger partial charge in [0.1, 0.15) is 0 Å². The van der Waals surface area contributed by atoms with E-state index in [1.165, 1.54) is 12.1 Å². The van der Waals surface area contributed by atoms with Gasteiger partial charge in [0.05, 0.1) is 20.7 Å². The Bertz CT molecular complexity index is 1290. The van der Waals surface area contributed by atoms with Crippen molar-refractivity contribution in [1.29, 1.82) is 0 Å². The number of Topliss-reactive ketones (excluding diaryl/α,β-unsaturated/α-hetero) is 1. The molecule has 1 aliphatic rings. The molecule has 0 fully saturated rings. The van der Waals surface area contributed by atoms with Gasteiger partial charge in [-0.25, -0.2) is 4.99 Å². The van der Waals surface area contributed by atoms with Crippen molar-refractivity contribution in [2.45, 2.75) is 32.6 Å². The molecule has 0 aliphatic heterocycles. The van der Waals surface area contributed by atoms with Gasteiger partial charge >= 0.3 is 0 Å². The molecule has 0 spiro atoms. The highest BCUT2D eigenvalue weighted by atomic mass is 35.5. The number of hydrogen-bond acceptors (Lipinski definition) is 3. The number of rotatable bonds is 4. The molecule has 0 saturated heterocycles. The largest absolute Gasteiger partial charge is 0.288 e. The van der Waals surface area contributed by atoms with Crippen LogP contribution in [0.25, 0.3) is 0 Å². The van der Waals surface area contributed by atoms with Crippen LogP contribution in [0.4, 0.5) is 0 Å². The van der Waals surface area contributed by atoms with Crippen LogP contribution >= 0.6 is 23.2 Å². The summed E-state index contributed by atoms with van der Waals surface area (Å²) in [5, 5.41) is 0.147. The second-order valence-electron chi connectivity index (χ2n) is 7.68. The number of ketones is 1. The highest BCUT2D eigenvalue weighted by Gasteiger charge is 2.31. The second kappa shape index (κ2) is 9.53. The van der Waals surface area contributed by atoms with Crippen LogP contribution in [0.15, 0.2) is 90.1 Å². The minimum absolute atomic E-state index is 0.0226. The summed E-state index contributed by atoms with van der Waals surface area (Å²) >= 11 is 12.9. The summed E-state index contributed by atoms with van der Waals surface area (Å²) in [6.07, 6.45) is 0. The molecule has 0 amide bonds. The first-order chi connectivity index (χ1) is 15.0. The van der Waals surface area contributed by atoms with Gasteiger partial charge < -0.3 is 0 Å². The minimum atomic E-state index is -4.06. The molecule has 32 heavy (non-hydrogen) atoms. The number of aliphatic imine (C=N–C) groups is 1. The first-order valence-corrected chi connectivity index (χ1v) is 12.1. The third-order valence-corrected chi connectivity index (χ3v) is 7.04. The molecular weight excluding hydrogens is 467 g/mol. The third kappa shape index (κ3) is 4.93. The first kappa shape index (κ1) is 24.1. The van der Waals surface area contributed by atoms with Gasteiger partial charge in [-0.2, -0.15) is 8.42 Å². The number of hydrogen-bond donors (Lipinski definition) is 0. The van der Waals surface area contributed by atoms with Crippen molar-refractivity contribution in [3.05, 3.63) is 86.9 Å². The Balaban J connectivity index is 2.28. The maximum absolute atomic E-state index is 13.1. The number of halogens is 2. The van der Waals surface area contributed by atoms with Crippen LogP contribution in [0, 0.1) is 12.8 Å². The second-order valence-corrected chi connectivity index (χ2v) is 10.0. The molecule has 0 saturated carbocycles. The lowest BCUT2D eigenvalue weighted by Gasteiger charge is -2.22. The SMILES string of the molecule is CC1=C(Cl)C(=NC(=NS(=O)(=O)c2ccc(C)cc2)c2ccccc2)C(C(C)C)=C(Cl)C1=O. The molecule has 1 aliphatic carbocycles. The molecule has 3 rings (SSSR count). The average molecular weight is 489 g/mol. The van der Waals surface area contributed by atoms with Crippen LogP contribution in [-0.2, 0) is 14.8 Å². The van der Waals surface area contributed by atoms with Crippen molar-refractivity contribution in [2.24, 2.45) is 15.3 Å². The quantitative estimate of drug-likeness (QED) is 0.309. The summed E-state index contributed by atoms with van der Waals surface area (Å²) in [4.78, 5) is 17.1. The zero-order valence-corrected chi connectivity index (χ0v) is 20.4. The Morgan fingerprint density at radius 3 is 2.06 bits per heavy atom. The topological polar surface area (TPSA) is 75.9 Å². The molecule has 0 aromatic heterocycles. The number of aryl methyl sites for hydroxylation is 1. The lowest BCUT2D eigenvalue weighted by atomic mass is 9.89. The molecule has 0 heterocycles. The molecule has 0 atom stereocenters. The molecule has 0 N–H and O–H groups in total. The van der Waals surface area contributed by atoms with Gasteiger partial charge in [-0.3, -0.25) is 4.79 Å². The molecule has 166 valence electrons. The van der Waals surface area contributed by atoms with Crippen molar-refractivity contribution in [3.8, 4) is 0 Å². The highest BCUT2D eigenvalue weighted by Crippen LogP contribution is 2.34. The van der Waals surface area contributed by atoms with Crippen molar-refractivity contribution in [3.63, 3.8) is 0 Å². The van der Waals surface area contributed by atoms with Crippen LogP contribution in [0.3, 0.4) is 0 Å². The number of carbonyl (C=O) groups is 1. The monoisotopic (exact) mass is 488 g/mol.